The number of hydrogen-bond acceptors (Lipinski definition) is 2. The van der Waals surface area contributed by atoms with E-state index in [1.165, 1.54) is 19.5 Å². The highest BCUT2D eigenvalue weighted by molar-refractivity contribution is 7.99. The third-order valence-electron chi connectivity index (χ3n) is 2.01. The summed E-state index contributed by atoms with van der Waals surface area (Å²) in [5, 5.41) is 4.29. The van der Waals surface area contributed by atoms with Gasteiger partial charge in [0, 0.05) is 5.25 Å². The first kappa shape index (κ1) is 7.42. The monoisotopic (exact) mass is 145 g/mol. The standard InChI is InChI=1S/C7H15NS/c1-6-5-8-4-3-7(6)9-2/h6-8H,3-5H2,1-2H3. The molecule has 0 aromatic heterocycles. The molecule has 2 atom stereocenters. The third kappa shape index (κ3) is 1.87. The van der Waals surface area contributed by atoms with Crippen LogP contribution in [0, 0.1) is 5.92 Å². The Morgan fingerprint density at radius 1 is 1.56 bits per heavy atom. The zero-order valence-electron chi connectivity index (χ0n) is 6.18. The van der Waals surface area contributed by atoms with Crippen molar-refractivity contribution in [3.8, 4) is 0 Å². The molecule has 1 rings (SSSR count). The topological polar surface area (TPSA) is 12.0 Å². The van der Waals surface area contributed by atoms with Crippen LogP contribution in [0.25, 0.3) is 0 Å². The van der Waals surface area contributed by atoms with Gasteiger partial charge in [0.15, 0.2) is 0 Å². The first-order valence-corrected chi connectivity index (χ1v) is 4.87. The van der Waals surface area contributed by atoms with Gasteiger partial charge in [0.05, 0.1) is 0 Å². The molecule has 1 fully saturated rings. The normalized spacial score (nSPS) is 36.7. The molecule has 9 heavy (non-hydrogen) atoms. The van der Waals surface area contributed by atoms with Crippen molar-refractivity contribution in [1.82, 2.24) is 5.32 Å². The summed E-state index contributed by atoms with van der Waals surface area (Å²) in [6, 6.07) is 0. The van der Waals surface area contributed by atoms with E-state index in [-0.39, 0.29) is 0 Å². The first-order valence-electron chi connectivity index (χ1n) is 3.58. The zero-order chi connectivity index (χ0) is 6.69. The quantitative estimate of drug-likeness (QED) is 0.597. The molecule has 1 heterocycles. The molecule has 1 aliphatic rings. The van der Waals surface area contributed by atoms with E-state index in [0.717, 1.165) is 11.2 Å². The van der Waals surface area contributed by atoms with Crippen molar-refractivity contribution in [3.63, 3.8) is 0 Å². The fourth-order valence-corrected chi connectivity index (χ4v) is 2.25. The molecule has 0 radical (unpaired) electrons. The van der Waals surface area contributed by atoms with Gasteiger partial charge in [-0.25, -0.2) is 0 Å². The minimum absolute atomic E-state index is 0.869. The second kappa shape index (κ2) is 3.47. The number of hydrogen-bond donors (Lipinski definition) is 1. The average molecular weight is 145 g/mol. The molecule has 54 valence electrons. The van der Waals surface area contributed by atoms with E-state index in [0.29, 0.717) is 0 Å². The first-order chi connectivity index (χ1) is 4.34. The van der Waals surface area contributed by atoms with E-state index in [2.05, 4.69) is 18.5 Å². The Balaban J connectivity index is 2.30. The minimum atomic E-state index is 0.869. The van der Waals surface area contributed by atoms with Crippen molar-refractivity contribution in [3.05, 3.63) is 0 Å². The van der Waals surface area contributed by atoms with Gasteiger partial charge in [0.25, 0.3) is 0 Å². The van der Waals surface area contributed by atoms with E-state index in [9.17, 15) is 0 Å². The van der Waals surface area contributed by atoms with Gasteiger partial charge in [-0.3, -0.25) is 0 Å². The number of piperidine rings is 1. The molecule has 0 saturated carbocycles. The lowest BCUT2D eigenvalue weighted by atomic mass is 10.0. The Kier molecular flexibility index (Phi) is 2.86. The lowest BCUT2D eigenvalue weighted by molar-refractivity contribution is 0.417. The van der Waals surface area contributed by atoms with Gasteiger partial charge in [-0.15, -0.1) is 0 Å². The molecule has 2 heteroatoms. The molecule has 1 saturated heterocycles. The summed E-state index contributed by atoms with van der Waals surface area (Å²) in [6.45, 7) is 4.76. The Bertz CT molecular complexity index is 85.0. The van der Waals surface area contributed by atoms with Gasteiger partial charge < -0.3 is 5.32 Å². The molecule has 0 aromatic carbocycles. The predicted octanol–water partition coefficient (Wildman–Crippen LogP) is 1.35. The summed E-state index contributed by atoms with van der Waals surface area (Å²) < 4.78 is 0. The maximum atomic E-state index is 3.39. The van der Waals surface area contributed by atoms with Crippen LogP contribution >= 0.6 is 11.8 Å². The van der Waals surface area contributed by atoms with Crippen LogP contribution in [0.15, 0.2) is 0 Å². The van der Waals surface area contributed by atoms with Gasteiger partial charge in [-0.2, -0.15) is 11.8 Å². The van der Waals surface area contributed by atoms with Crippen molar-refractivity contribution in [2.45, 2.75) is 18.6 Å². The van der Waals surface area contributed by atoms with E-state index in [1.807, 2.05) is 11.8 Å². The molecule has 0 aliphatic carbocycles. The lowest BCUT2D eigenvalue weighted by Crippen LogP contribution is -2.36. The highest BCUT2D eigenvalue weighted by Gasteiger charge is 2.18. The molecule has 0 amide bonds. The van der Waals surface area contributed by atoms with Crippen LogP contribution in [0.5, 0.6) is 0 Å². The van der Waals surface area contributed by atoms with E-state index >= 15 is 0 Å². The van der Waals surface area contributed by atoms with Crippen molar-refractivity contribution in [1.29, 1.82) is 0 Å². The average Bonchev–Trinajstić information content (AvgIpc) is 1.89. The summed E-state index contributed by atoms with van der Waals surface area (Å²) in [5.41, 5.74) is 0. The third-order valence-corrected chi connectivity index (χ3v) is 3.32. The molecule has 1 aliphatic heterocycles. The van der Waals surface area contributed by atoms with Crippen LogP contribution in [0.1, 0.15) is 13.3 Å². The Labute approximate surface area is 61.6 Å². The van der Waals surface area contributed by atoms with Crippen LogP contribution in [-0.2, 0) is 0 Å². The summed E-state index contributed by atoms with van der Waals surface area (Å²) in [7, 11) is 0. The Morgan fingerprint density at radius 2 is 2.33 bits per heavy atom. The van der Waals surface area contributed by atoms with E-state index in [4.69, 9.17) is 0 Å². The number of rotatable bonds is 1. The van der Waals surface area contributed by atoms with Gasteiger partial charge >= 0.3 is 0 Å². The molecule has 1 N–H and O–H groups in total. The molecule has 1 nitrogen and oxygen atoms in total. The Morgan fingerprint density at radius 3 is 2.78 bits per heavy atom. The molecule has 0 spiro atoms. The van der Waals surface area contributed by atoms with Crippen LogP contribution in [0.3, 0.4) is 0 Å². The van der Waals surface area contributed by atoms with Crippen molar-refractivity contribution < 1.29 is 0 Å². The van der Waals surface area contributed by atoms with E-state index in [1.54, 1.807) is 0 Å². The molecule has 0 aromatic rings. The molecular weight excluding hydrogens is 130 g/mol. The maximum Gasteiger partial charge on any atom is 0.00940 e. The van der Waals surface area contributed by atoms with Gasteiger partial charge in [0.2, 0.25) is 0 Å². The van der Waals surface area contributed by atoms with Crippen molar-refractivity contribution in [2.24, 2.45) is 5.92 Å². The van der Waals surface area contributed by atoms with E-state index < -0.39 is 0 Å². The minimum Gasteiger partial charge on any atom is -0.316 e. The predicted molar refractivity (Wildman–Crippen MR) is 44.0 cm³/mol. The number of nitrogens with one attached hydrogen (secondary N) is 1. The van der Waals surface area contributed by atoms with Crippen LogP contribution in [0.4, 0.5) is 0 Å². The summed E-state index contributed by atoms with van der Waals surface area (Å²) in [5.74, 6) is 0.869. The highest BCUT2D eigenvalue weighted by atomic mass is 32.2. The maximum absolute atomic E-state index is 3.39. The van der Waals surface area contributed by atoms with Crippen LogP contribution in [0.2, 0.25) is 0 Å². The van der Waals surface area contributed by atoms with Crippen molar-refractivity contribution >= 4 is 11.8 Å². The Hall–Kier alpha value is 0.310. The lowest BCUT2D eigenvalue weighted by Gasteiger charge is -2.27. The fourth-order valence-electron chi connectivity index (χ4n) is 1.34. The second-order valence-corrected chi connectivity index (χ2v) is 3.82. The van der Waals surface area contributed by atoms with Gasteiger partial charge in [-0.1, -0.05) is 6.92 Å². The summed E-state index contributed by atoms with van der Waals surface area (Å²) in [4.78, 5) is 0. The van der Waals surface area contributed by atoms with Crippen LogP contribution < -0.4 is 5.32 Å². The largest absolute Gasteiger partial charge is 0.316 e. The van der Waals surface area contributed by atoms with Crippen molar-refractivity contribution in [2.75, 3.05) is 19.3 Å². The van der Waals surface area contributed by atoms with Gasteiger partial charge in [-0.05, 0) is 31.7 Å². The summed E-state index contributed by atoms with van der Waals surface area (Å²) >= 11 is 2.01. The smallest absolute Gasteiger partial charge is 0.00940 e. The SMILES string of the molecule is CSC1CCNCC1C. The highest BCUT2D eigenvalue weighted by Crippen LogP contribution is 2.21. The van der Waals surface area contributed by atoms with Gasteiger partial charge in [0.1, 0.15) is 0 Å². The van der Waals surface area contributed by atoms with Crippen LogP contribution in [-0.4, -0.2) is 24.6 Å². The second-order valence-electron chi connectivity index (χ2n) is 2.74. The number of thioether (sulfide) groups is 1. The molecule has 2 unspecified atom stereocenters. The zero-order valence-corrected chi connectivity index (χ0v) is 7.00. The molecule has 0 bridgehead atoms. The fraction of sp³-hybridized carbons (Fsp3) is 1.00. The summed E-state index contributed by atoms with van der Waals surface area (Å²) in [6.07, 6.45) is 3.56. The molecular formula is C7H15NS.